The fraction of sp³-hybridized carbons (Fsp3) is 0.533. The van der Waals surface area contributed by atoms with Gasteiger partial charge in [-0.15, -0.1) is 0 Å². The Bertz CT molecular complexity index is 435. The number of piperazine rings is 1. The van der Waals surface area contributed by atoms with Gasteiger partial charge in [0.15, 0.2) is 6.61 Å². The summed E-state index contributed by atoms with van der Waals surface area (Å²) in [5.74, 6) is 0.866. The number of fused-ring (bicyclic) bond motifs is 1. The maximum absolute atomic E-state index is 12.1. The van der Waals surface area contributed by atoms with E-state index in [1.807, 2.05) is 35.2 Å². The maximum atomic E-state index is 12.1. The summed E-state index contributed by atoms with van der Waals surface area (Å²) in [5, 5.41) is 0. The molecule has 1 atom stereocenters. The van der Waals surface area contributed by atoms with Gasteiger partial charge in [-0.3, -0.25) is 9.69 Å². The Hall–Kier alpha value is -1.55. The van der Waals surface area contributed by atoms with E-state index in [2.05, 4.69) is 4.90 Å². The van der Waals surface area contributed by atoms with Gasteiger partial charge in [0.2, 0.25) is 0 Å². The van der Waals surface area contributed by atoms with E-state index >= 15 is 0 Å². The highest BCUT2D eigenvalue weighted by Gasteiger charge is 2.32. The van der Waals surface area contributed by atoms with Gasteiger partial charge in [-0.05, 0) is 31.5 Å². The standard InChI is InChI=1S/C15H20N2O2/c18-15(12-19-14-6-2-1-3-7-14)17-10-9-16-8-4-5-13(16)11-17/h1-3,6-7,13H,4-5,8-12H2. The molecule has 3 rings (SSSR count). The Morgan fingerprint density at radius 2 is 2.05 bits per heavy atom. The molecular weight excluding hydrogens is 240 g/mol. The number of ether oxygens (including phenoxy) is 1. The van der Waals surface area contributed by atoms with Crippen molar-refractivity contribution in [1.29, 1.82) is 0 Å². The third kappa shape index (κ3) is 2.89. The van der Waals surface area contributed by atoms with E-state index in [-0.39, 0.29) is 12.5 Å². The summed E-state index contributed by atoms with van der Waals surface area (Å²) in [4.78, 5) is 16.6. The van der Waals surface area contributed by atoms with Crippen LogP contribution in [0.1, 0.15) is 12.8 Å². The van der Waals surface area contributed by atoms with Gasteiger partial charge >= 0.3 is 0 Å². The van der Waals surface area contributed by atoms with Gasteiger partial charge in [0.25, 0.3) is 5.91 Å². The third-order valence-corrected chi connectivity index (χ3v) is 4.05. The number of nitrogens with zero attached hydrogens (tertiary/aromatic N) is 2. The van der Waals surface area contributed by atoms with Crippen molar-refractivity contribution < 1.29 is 9.53 Å². The molecule has 0 radical (unpaired) electrons. The van der Waals surface area contributed by atoms with E-state index in [0.29, 0.717) is 6.04 Å². The van der Waals surface area contributed by atoms with Gasteiger partial charge in [0, 0.05) is 25.7 Å². The summed E-state index contributed by atoms with van der Waals surface area (Å²) < 4.78 is 5.53. The molecule has 1 aromatic carbocycles. The lowest BCUT2D eigenvalue weighted by molar-refractivity contribution is -0.135. The van der Waals surface area contributed by atoms with E-state index in [1.54, 1.807) is 0 Å². The fourth-order valence-electron chi connectivity index (χ4n) is 2.97. The SMILES string of the molecule is O=C(COc1ccccc1)N1CCN2CCCC2C1. The molecule has 0 bridgehead atoms. The zero-order valence-electron chi connectivity index (χ0n) is 11.1. The molecule has 2 aliphatic heterocycles. The number of para-hydroxylation sites is 1. The highest BCUT2D eigenvalue weighted by Crippen LogP contribution is 2.21. The van der Waals surface area contributed by atoms with E-state index < -0.39 is 0 Å². The van der Waals surface area contributed by atoms with Crippen molar-refractivity contribution in [3.05, 3.63) is 30.3 Å². The average molecular weight is 260 g/mol. The van der Waals surface area contributed by atoms with E-state index in [0.717, 1.165) is 25.4 Å². The summed E-state index contributed by atoms with van der Waals surface area (Å²) in [6.07, 6.45) is 2.50. The molecule has 2 heterocycles. The van der Waals surface area contributed by atoms with Crippen molar-refractivity contribution in [1.82, 2.24) is 9.80 Å². The molecule has 4 nitrogen and oxygen atoms in total. The number of carbonyl (C=O) groups excluding carboxylic acids is 1. The molecule has 102 valence electrons. The minimum atomic E-state index is 0.107. The molecule has 0 spiro atoms. The Kier molecular flexibility index (Phi) is 3.69. The smallest absolute Gasteiger partial charge is 0.260 e. The van der Waals surface area contributed by atoms with Crippen molar-refractivity contribution >= 4 is 5.91 Å². The Labute approximate surface area is 113 Å². The predicted octanol–water partition coefficient (Wildman–Crippen LogP) is 1.37. The van der Waals surface area contributed by atoms with Crippen molar-refractivity contribution in [2.45, 2.75) is 18.9 Å². The topological polar surface area (TPSA) is 32.8 Å². The fourth-order valence-corrected chi connectivity index (χ4v) is 2.97. The first-order valence-corrected chi connectivity index (χ1v) is 7.02. The summed E-state index contributed by atoms with van der Waals surface area (Å²) in [7, 11) is 0. The Morgan fingerprint density at radius 3 is 2.89 bits per heavy atom. The summed E-state index contributed by atoms with van der Waals surface area (Å²) in [6, 6.07) is 10.1. The zero-order chi connectivity index (χ0) is 13.1. The number of carbonyl (C=O) groups is 1. The number of rotatable bonds is 3. The second-order valence-electron chi connectivity index (χ2n) is 5.27. The van der Waals surface area contributed by atoms with Gasteiger partial charge in [-0.2, -0.15) is 0 Å². The molecular formula is C15H20N2O2. The van der Waals surface area contributed by atoms with Crippen LogP contribution in [0.3, 0.4) is 0 Å². The van der Waals surface area contributed by atoms with Crippen LogP contribution in [0.4, 0.5) is 0 Å². The molecule has 2 aliphatic rings. The molecule has 2 fully saturated rings. The highest BCUT2D eigenvalue weighted by atomic mass is 16.5. The highest BCUT2D eigenvalue weighted by molar-refractivity contribution is 5.78. The maximum Gasteiger partial charge on any atom is 0.260 e. The number of benzene rings is 1. The van der Waals surface area contributed by atoms with Crippen LogP contribution in [0.2, 0.25) is 0 Å². The molecule has 1 aromatic rings. The number of amides is 1. The quantitative estimate of drug-likeness (QED) is 0.823. The summed E-state index contributed by atoms with van der Waals surface area (Å²) in [5.41, 5.74) is 0. The van der Waals surface area contributed by atoms with Crippen LogP contribution in [0.5, 0.6) is 5.75 Å². The minimum absolute atomic E-state index is 0.107. The number of hydrogen-bond acceptors (Lipinski definition) is 3. The van der Waals surface area contributed by atoms with Gasteiger partial charge in [-0.25, -0.2) is 0 Å². The minimum Gasteiger partial charge on any atom is -0.484 e. The van der Waals surface area contributed by atoms with Crippen molar-refractivity contribution in [3.8, 4) is 5.75 Å². The molecule has 2 saturated heterocycles. The lowest BCUT2D eigenvalue weighted by atomic mass is 10.1. The first-order valence-electron chi connectivity index (χ1n) is 7.02. The van der Waals surface area contributed by atoms with Gasteiger partial charge in [0.1, 0.15) is 5.75 Å². The normalized spacial score (nSPS) is 23.2. The molecule has 0 saturated carbocycles. The van der Waals surface area contributed by atoms with E-state index in [9.17, 15) is 4.79 Å². The van der Waals surface area contributed by atoms with Crippen molar-refractivity contribution in [2.24, 2.45) is 0 Å². The number of hydrogen-bond donors (Lipinski definition) is 0. The second kappa shape index (κ2) is 5.61. The van der Waals surface area contributed by atoms with Crippen LogP contribution < -0.4 is 4.74 Å². The molecule has 0 aromatic heterocycles. The second-order valence-corrected chi connectivity index (χ2v) is 5.27. The van der Waals surface area contributed by atoms with Crippen LogP contribution in [0.25, 0.3) is 0 Å². The predicted molar refractivity (Wildman–Crippen MR) is 73.1 cm³/mol. The molecule has 19 heavy (non-hydrogen) atoms. The molecule has 1 unspecified atom stereocenters. The average Bonchev–Trinajstić information content (AvgIpc) is 2.93. The molecule has 0 N–H and O–H groups in total. The van der Waals surface area contributed by atoms with Gasteiger partial charge < -0.3 is 9.64 Å². The first-order chi connectivity index (χ1) is 9.33. The monoisotopic (exact) mass is 260 g/mol. The van der Waals surface area contributed by atoms with Crippen LogP contribution in [0, 0.1) is 0 Å². The van der Waals surface area contributed by atoms with Crippen LogP contribution in [0.15, 0.2) is 30.3 Å². The van der Waals surface area contributed by atoms with Crippen molar-refractivity contribution in [2.75, 3.05) is 32.8 Å². The lowest BCUT2D eigenvalue weighted by Gasteiger charge is -2.37. The van der Waals surface area contributed by atoms with Crippen LogP contribution in [-0.2, 0) is 4.79 Å². The van der Waals surface area contributed by atoms with Crippen LogP contribution in [-0.4, -0.2) is 54.5 Å². The zero-order valence-corrected chi connectivity index (χ0v) is 11.1. The van der Waals surface area contributed by atoms with Gasteiger partial charge in [-0.1, -0.05) is 18.2 Å². The van der Waals surface area contributed by atoms with E-state index in [1.165, 1.54) is 19.4 Å². The summed E-state index contributed by atoms with van der Waals surface area (Å²) in [6.45, 7) is 4.08. The first kappa shape index (κ1) is 12.5. The van der Waals surface area contributed by atoms with E-state index in [4.69, 9.17) is 4.74 Å². The summed E-state index contributed by atoms with van der Waals surface area (Å²) >= 11 is 0. The third-order valence-electron chi connectivity index (χ3n) is 4.05. The molecule has 0 aliphatic carbocycles. The molecule has 4 heteroatoms. The van der Waals surface area contributed by atoms with Crippen LogP contribution >= 0.6 is 0 Å². The van der Waals surface area contributed by atoms with Crippen molar-refractivity contribution in [3.63, 3.8) is 0 Å². The lowest BCUT2D eigenvalue weighted by Crippen LogP contribution is -2.53. The largest absolute Gasteiger partial charge is 0.484 e. The Morgan fingerprint density at radius 1 is 1.21 bits per heavy atom. The molecule has 1 amide bonds. The Balaban J connectivity index is 1.50. The van der Waals surface area contributed by atoms with Gasteiger partial charge in [0.05, 0.1) is 0 Å².